The number of carbonyl (C=O) groups is 1. The molecule has 0 bridgehead atoms. The summed E-state index contributed by atoms with van der Waals surface area (Å²) >= 11 is 1.40. The first kappa shape index (κ1) is 13.5. The second-order valence-electron chi connectivity index (χ2n) is 4.83. The minimum atomic E-state index is -0.245. The molecule has 1 aliphatic rings. The number of methoxy groups -OCH3 is 1. The third kappa shape index (κ3) is 2.88. The first-order chi connectivity index (χ1) is 8.54. The summed E-state index contributed by atoms with van der Waals surface area (Å²) in [6, 6.07) is -0.108. The number of carbonyl (C=O) groups excluding carboxylic acids is 1. The van der Waals surface area contributed by atoms with Crippen molar-refractivity contribution in [3.8, 4) is 0 Å². The predicted molar refractivity (Wildman–Crippen MR) is 71.6 cm³/mol. The van der Waals surface area contributed by atoms with Crippen molar-refractivity contribution in [2.75, 3.05) is 12.4 Å². The summed E-state index contributed by atoms with van der Waals surface area (Å²) < 4.78 is 5.43. The van der Waals surface area contributed by atoms with E-state index in [0.717, 1.165) is 25.0 Å². The van der Waals surface area contributed by atoms with Crippen LogP contribution in [-0.2, 0) is 9.53 Å². The third-order valence-electron chi connectivity index (χ3n) is 3.42. The maximum absolute atomic E-state index is 11.9. The van der Waals surface area contributed by atoms with Crippen molar-refractivity contribution in [3.63, 3.8) is 0 Å². The van der Waals surface area contributed by atoms with E-state index >= 15 is 0 Å². The molecule has 0 radical (unpaired) electrons. The van der Waals surface area contributed by atoms with E-state index in [1.54, 1.807) is 7.11 Å². The minimum Gasteiger partial charge on any atom is -0.378 e. The Morgan fingerprint density at radius 2 is 2.44 bits per heavy atom. The zero-order chi connectivity index (χ0) is 13.2. The molecule has 0 saturated heterocycles. The number of ether oxygens (including phenoxy) is 1. The van der Waals surface area contributed by atoms with Crippen LogP contribution in [0.15, 0.2) is 5.38 Å². The Hall–Kier alpha value is -0.980. The molecule has 100 valence electrons. The molecule has 1 aromatic rings. The van der Waals surface area contributed by atoms with Gasteiger partial charge in [-0.15, -0.1) is 11.3 Å². The van der Waals surface area contributed by atoms with Crippen LogP contribution in [0.3, 0.4) is 0 Å². The van der Waals surface area contributed by atoms with Gasteiger partial charge >= 0.3 is 0 Å². The lowest BCUT2D eigenvalue weighted by Gasteiger charge is -2.39. The van der Waals surface area contributed by atoms with Crippen LogP contribution in [0.25, 0.3) is 0 Å². The van der Waals surface area contributed by atoms with Gasteiger partial charge in [-0.05, 0) is 26.2 Å². The molecular formula is C12H19N3O2S. The summed E-state index contributed by atoms with van der Waals surface area (Å²) in [5.41, 5.74) is 6.28. The van der Waals surface area contributed by atoms with Crippen molar-refractivity contribution in [3.05, 3.63) is 11.1 Å². The zero-order valence-electron chi connectivity index (χ0n) is 10.7. The summed E-state index contributed by atoms with van der Waals surface area (Å²) in [5, 5.41) is 5.29. The lowest BCUT2D eigenvalue weighted by Crippen LogP contribution is -2.42. The van der Waals surface area contributed by atoms with Gasteiger partial charge in [0.2, 0.25) is 5.91 Å². The van der Waals surface area contributed by atoms with Gasteiger partial charge < -0.3 is 15.8 Å². The van der Waals surface area contributed by atoms with Crippen LogP contribution in [0, 0.1) is 0 Å². The summed E-state index contributed by atoms with van der Waals surface area (Å²) in [6.45, 7) is 1.87. The van der Waals surface area contributed by atoms with Crippen LogP contribution in [0.1, 0.15) is 44.3 Å². The molecule has 1 saturated carbocycles. The normalized spacial score (nSPS) is 19.1. The van der Waals surface area contributed by atoms with Gasteiger partial charge in [-0.1, -0.05) is 0 Å². The first-order valence-corrected chi connectivity index (χ1v) is 6.99. The fourth-order valence-corrected chi connectivity index (χ4v) is 2.86. The van der Waals surface area contributed by atoms with Gasteiger partial charge in [-0.25, -0.2) is 4.98 Å². The Labute approximate surface area is 111 Å². The number of amides is 1. The first-order valence-electron chi connectivity index (χ1n) is 6.11. The molecule has 0 spiro atoms. The van der Waals surface area contributed by atoms with Crippen molar-refractivity contribution in [1.29, 1.82) is 0 Å². The van der Waals surface area contributed by atoms with Crippen LogP contribution in [0.4, 0.5) is 5.13 Å². The van der Waals surface area contributed by atoms with Gasteiger partial charge in [0.05, 0.1) is 17.7 Å². The Morgan fingerprint density at radius 1 is 1.72 bits per heavy atom. The van der Waals surface area contributed by atoms with E-state index in [-0.39, 0.29) is 17.6 Å². The van der Waals surface area contributed by atoms with Crippen molar-refractivity contribution in [2.24, 2.45) is 5.73 Å². The van der Waals surface area contributed by atoms with E-state index in [4.69, 9.17) is 10.5 Å². The fourth-order valence-electron chi connectivity index (χ4n) is 2.03. The average Bonchev–Trinajstić information content (AvgIpc) is 2.72. The number of nitrogens with zero attached hydrogens (tertiary/aromatic N) is 1. The van der Waals surface area contributed by atoms with Crippen LogP contribution >= 0.6 is 11.3 Å². The Morgan fingerprint density at radius 3 is 2.89 bits per heavy atom. The number of hydrogen-bond acceptors (Lipinski definition) is 5. The van der Waals surface area contributed by atoms with Gasteiger partial charge in [0.15, 0.2) is 5.13 Å². The summed E-state index contributed by atoms with van der Waals surface area (Å²) in [4.78, 5) is 16.2. The number of aromatic nitrogens is 1. The largest absolute Gasteiger partial charge is 0.378 e. The van der Waals surface area contributed by atoms with Crippen LogP contribution in [0.5, 0.6) is 0 Å². The number of thiazole rings is 1. The van der Waals surface area contributed by atoms with E-state index in [1.807, 2.05) is 12.3 Å². The maximum atomic E-state index is 11.9. The molecule has 0 aliphatic heterocycles. The summed E-state index contributed by atoms with van der Waals surface area (Å²) in [7, 11) is 1.67. The molecule has 1 amide bonds. The van der Waals surface area contributed by atoms with E-state index in [1.165, 1.54) is 11.3 Å². The number of nitrogens with two attached hydrogens (primary N) is 1. The smallest absolute Gasteiger partial charge is 0.229 e. The quantitative estimate of drug-likeness (QED) is 0.857. The van der Waals surface area contributed by atoms with E-state index < -0.39 is 0 Å². The molecule has 0 aromatic carbocycles. The Balaban J connectivity index is 1.90. The SMILES string of the molecule is COC1(CC(=O)Nc2nc(C(C)N)cs2)CCC1. The molecule has 1 atom stereocenters. The monoisotopic (exact) mass is 269 g/mol. The Bertz CT molecular complexity index is 421. The van der Waals surface area contributed by atoms with E-state index in [0.29, 0.717) is 11.6 Å². The van der Waals surface area contributed by atoms with Crippen LogP contribution < -0.4 is 11.1 Å². The minimum absolute atomic E-state index is 0.0397. The van der Waals surface area contributed by atoms with Crippen molar-refractivity contribution < 1.29 is 9.53 Å². The zero-order valence-corrected chi connectivity index (χ0v) is 11.5. The molecule has 2 rings (SSSR count). The van der Waals surface area contributed by atoms with Gasteiger partial charge in [0.1, 0.15) is 0 Å². The third-order valence-corrected chi connectivity index (χ3v) is 4.19. The highest BCUT2D eigenvalue weighted by molar-refractivity contribution is 7.13. The molecule has 5 nitrogen and oxygen atoms in total. The molecule has 1 aliphatic carbocycles. The summed E-state index contributed by atoms with van der Waals surface area (Å²) in [5.74, 6) is -0.0397. The van der Waals surface area contributed by atoms with Gasteiger partial charge in [-0.3, -0.25) is 4.79 Å². The second kappa shape index (κ2) is 5.34. The molecule has 1 aromatic heterocycles. The average molecular weight is 269 g/mol. The molecule has 3 N–H and O–H groups in total. The highest BCUT2D eigenvalue weighted by atomic mass is 32.1. The standard InChI is InChI=1S/C12H19N3O2S/c1-8(13)9-7-18-11(14-9)15-10(16)6-12(17-2)4-3-5-12/h7-8H,3-6,13H2,1-2H3,(H,14,15,16). The lowest BCUT2D eigenvalue weighted by molar-refractivity contribution is -0.129. The molecular weight excluding hydrogens is 250 g/mol. The Kier molecular flexibility index (Phi) is 3.99. The number of rotatable bonds is 5. The number of anilines is 1. The maximum Gasteiger partial charge on any atom is 0.229 e. The number of hydrogen-bond donors (Lipinski definition) is 2. The van der Waals surface area contributed by atoms with Gasteiger partial charge in [0, 0.05) is 18.5 Å². The second-order valence-corrected chi connectivity index (χ2v) is 5.69. The van der Waals surface area contributed by atoms with Crippen LogP contribution in [-0.4, -0.2) is 23.6 Å². The van der Waals surface area contributed by atoms with Gasteiger partial charge in [-0.2, -0.15) is 0 Å². The lowest BCUT2D eigenvalue weighted by atomic mass is 9.77. The molecule has 1 unspecified atom stereocenters. The van der Waals surface area contributed by atoms with Crippen molar-refractivity contribution in [1.82, 2.24) is 4.98 Å². The summed E-state index contributed by atoms with van der Waals surface area (Å²) in [6.07, 6.45) is 3.45. The highest BCUT2D eigenvalue weighted by Gasteiger charge is 2.39. The molecule has 18 heavy (non-hydrogen) atoms. The molecule has 1 fully saturated rings. The highest BCUT2D eigenvalue weighted by Crippen LogP contribution is 2.38. The van der Waals surface area contributed by atoms with Crippen LogP contribution in [0.2, 0.25) is 0 Å². The predicted octanol–water partition coefficient (Wildman–Crippen LogP) is 2.06. The number of nitrogens with one attached hydrogen (secondary N) is 1. The van der Waals surface area contributed by atoms with E-state index in [2.05, 4.69) is 10.3 Å². The van der Waals surface area contributed by atoms with Gasteiger partial charge in [0.25, 0.3) is 0 Å². The molecule has 6 heteroatoms. The topological polar surface area (TPSA) is 77.2 Å². The van der Waals surface area contributed by atoms with E-state index in [9.17, 15) is 4.79 Å². The van der Waals surface area contributed by atoms with Crippen molar-refractivity contribution >= 4 is 22.4 Å². The van der Waals surface area contributed by atoms with Crippen molar-refractivity contribution in [2.45, 2.75) is 44.2 Å². The fraction of sp³-hybridized carbons (Fsp3) is 0.667. The molecule has 1 heterocycles.